The quantitative estimate of drug-likeness (QED) is 0.855. The highest BCUT2D eigenvalue weighted by Gasteiger charge is 2.30. The average molecular weight is 294 g/mol. The smallest absolute Gasteiger partial charge is 0.255 e. The molecule has 1 fully saturated rings. The molecule has 0 saturated carbocycles. The first kappa shape index (κ1) is 12.8. The Hall–Kier alpha value is -1.24. The highest BCUT2D eigenvalue weighted by molar-refractivity contribution is 7.09. The zero-order chi connectivity index (χ0) is 13.2. The van der Waals surface area contributed by atoms with Crippen molar-refractivity contribution in [3.63, 3.8) is 0 Å². The number of morpholine rings is 1. The lowest BCUT2D eigenvalue weighted by Gasteiger charge is -2.34. The van der Waals surface area contributed by atoms with E-state index in [1.165, 1.54) is 0 Å². The third-order valence-corrected chi connectivity index (χ3v) is 4.61. The molecule has 2 aromatic rings. The van der Waals surface area contributed by atoms with Gasteiger partial charge in [-0.15, -0.1) is 11.3 Å². The molecule has 0 spiro atoms. The first-order valence-corrected chi connectivity index (χ1v) is 7.91. The van der Waals surface area contributed by atoms with Gasteiger partial charge in [0.25, 0.3) is 5.91 Å². The van der Waals surface area contributed by atoms with Crippen molar-refractivity contribution in [1.82, 2.24) is 9.88 Å². The Kier molecular flexibility index (Phi) is 3.63. The van der Waals surface area contributed by atoms with Crippen LogP contribution in [0.2, 0.25) is 0 Å². The van der Waals surface area contributed by atoms with Crippen LogP contribution in [0.15, 0.2) is 22.2 Å². The van der Waals surface area contributed by atoms with E-state index >= 15 is 0 Å². The zero-order valence-corrected chi connectivity index (χ0v) is 12.2. The van der Waals surface area contributed by atoms with E-state index in [4.69, 9.17) is 4.74 Å². The number of thiazole rings is 1. The lowest BCUT2D eigenvalue weighted by atomic mass is 10.1. The van der Waals surface area contributed by atoms with Crippen molar-refractivity contribution in [2.45, 2.75) is 13.0 Å². The Balaban J connectivity index is 1.87. The Morgan fingerprint density at radius 1 is 1.53 bits per heavy atom. The van der Waals surface area contributed by atoms with Crippen LogP contribution in [0, 0.1) is 6.92 Å². The van der Waals surface area contributed by atoms with Crippen LogP contribution in [0.25, 0.3) is 0 Å². The fourth-order valence-electron chi connectivity index (χ4n) is 2.18. The molecule has 1 aliphatic rings. The Bertz CT molecular complexity index is 565. The van der Waals surface area contributed by atoms with Crippen molar-refractivity contribution in [3.8, 4) is 0 Å². The van der Waals surface area contributed by atoms with Gasteiger partial charge in [-0.1, -0.05) is 0 Å². The van der Waals surface area contributed by atoms with Crippen LogP contribution in [0.5, 0.6) is 0 Å². The van der Waals surface area contributed by atoms with Gasteiger partial charge in [0, 0.05) is 17.3 Å². The van der Waals surface area contributed by atoms with Crippen LogP contribution >= 0.6 is 22.7 Å². The molecule has 0 aliphatic carbocycles. The highest BCUT2D eigenvalue weighted by atomic mass is 32.1. The molecule has 100 valence electrons. The molecule has 4 nitrogen and oxygen atoms in total. The third kappa shape index (κ3) is 2.56. The second kappa shape index (κ2) is 5.40. The lowest BCUT2D eigenvalue weighted by molar-refractivity contribution is -0.00373. The molecule has 0 unspecified atom stereocenters. The van der Waals surface area contributed by atoms with Crippen molar-refractivity contribution in [3.05, 3.63) is 38.5 Å². The minimum absolute atomic E-state index is 0.0638. The summed E-state index contributed by atoms with van der Waals surface area (Å²) in [5, 5.41) is 6.85. The number of hydrogen-bond acceptors (Lipinski definition) is 5. The fourth-order valence-corrected chi connectivity index (χ4v) is 3.47. The van der Waals surface area contributed by atoms with Crippen molar-refractivity contribution in [1.29, 1.82) is 0 Å². The topological polar surface area (TPSA) is 42.4 Å². The standard InChI is InChI=1S/C13H14N2O2S2/c1-9-14-11(8-19-9)12-6-17-4-3-15(12)13(16)10-2-5-18-7-10/h2,5,7-8,12H,3-4,6H2,1H3/t12-/m0/s1. The number of aryl methyl sites for hydroxylation is 1. The summed E-state index contributed by atoms with van der Waals surface area (Å²) in [5.41, 5.74) is 1.69. The van der Waals surface area contributed by atoms with Gasteiger partial charge in [-0.3, -0.25) is 4.79 Å². The summed E-state index contributed by atoms with van der Waals surface area (Å²) in [6, 6.07) is 1.80. The summed E-state index contributed by atoms with van der Waals surface area (Å²) in [6.07, 6.45) is 0. The minimum atomic E-state index is -0.0638. The third-order valence-electron chi connectivity index (χ3n) is 3.14. The van der Waals surface area contributed by atoms with E-state index < -0.39 is 0 Å². The van der Waals surface area contributed by atoms with E-state index in [0.717, 1.165) is 16.3 Å². The van der Waals surface area contributed by atoms with Crippen molar-refractivity contribution < 1.29 is 9.53 Å². The molecule has 1 saturated heterocycles. The molecule has 1 atom stereocenters. The summed E-state index contributed by atoms with van der Waals surface area (Å²) in [7, 11) is 0. The number of rotatable bonds is 2. The maximum absolute atomic E-state index is 12.5. The molecule has 1 aliphatic heterocycles. The zero-order valence-electron chi connectivity index (χ0n) is 10.5. The Morgan fingerprint density at radius 3 is 3.11 bits per heavy atom. The fraction of sp³-hybridized carbons (Fsp3) is 0.385. The number of ether oxygens (including phenoxy) is 1. The predicted octanol–water partition coefficient (Wildman–Crippen LogP) is 2.73. The van der Waals surface area contributed by atoms with E-state index in [1.54, 1.807) is 22.7 Å². The molecule has 19 heavy (non-hydrogen) atoms. The van der Waals surface area contributed by atoms with Crippen molar-refractivity contribution in [2.75, 3.05) is 19.8 Å². The van der Waals surface area contributed by atoms with Gasteiger partial charge < -0.3 is 9.64 Å². The van der Waals surface area contributed by atoms with Gasteiger partial charge >= 0.3 is 0 Å². The largest absolute Gasteiger partial charge is 0.377 e. The van der Waals surface area contributed by atoms with Crippen LogP contribution in [0.4, 0.5) is 0 Å². The van der Waals surface area contributed by atoms with Crippen molar-refractivity contribution >= 4 is 28.6 Å². The van der Waals surface area contributed by atoms with E-state index in [1.807, 2.05) is 34.0 Å². The van der Waals surface area contributed by atoms with E-state index in [2.05, 4.69) is 4.98 Å². The molecule has 3 rings (SSSR count). The van der Waals surface area contributed by atoms with Crippen LogP contribution in [-0.2, 0) is 4.74 Å². The first-order valence-electron chi connectivity index (χ1n) is 6.08. The maximum Gasteiger partial charge on any atom is 0.255 e. The summed E-state index contributed by atoms with van der Waals surface area (Å²) in [6.45, 7) is 3.72. The van der Waals surface area contributed by atoms with Crippen LogP contribution in [0.3, 0.4) is 0 Å². The molecule has 6 heteroatoms. The maximum atomic E-state index is 12.5. The Labute approximate surface area is 119 Å². The molecular weight excluding hydrogens is 280 g/mol. The molecule has 0 aromatic carbocycles. The number of nitrogens with zero attached hydrogens (tertiary/aromatic N) is 2. The number of carbonyl (C=O) groups is 1. The SMILES string of the molecule is Cc1nc([C@@H]2COCCN2C(=O)c2ccsc2)cs1. The summed E-state index contributed by atoms with van der Waals surface area (Å²) in [5.74, 6) is 0.0696. The first-order chi connectivity index (χ1) is 9.25. The lowest BCUT2D eigenvalue weighted by Crippen LogP contribution is -2.43. The Morgan fingerprint density at radius 2 is 2.42 bits per heavy atom. The normalized spacial score (nSPS) is 19.6. The number of aromatic nitrogens is 1. The number of thiophene rings is 1. The highest BCUT2D eigenvalue weighted by Crippen LogP contribution is 2.27. The summed E-state index contributed by atoms with van der Waals surface area (Å²) >= 11 is 3.15. The molecular formula is C13H14N2O2S2. The summed E-state index contributed by atoms with van der Waals surface area (Å²) in [4.78, 5) is 18.9. The van der Waals surface area contributed by atoms with E-state index in [-0.39, 0.29) is 11.9 Å². The second-order valence-electron chi connectivity index (χ2n) is 4.39. The van der Waals surface area contributed by atoms with E-state index in [0.29, 0.717) is 19.8 Å². The van der Waals surface area contributed by atoms with Gasteiger partial charge in [0.1, 0.15) is 0 Å². The minimum Gasteiger partial charge on any atom is -0.377 e. The molecule has 0 N–H and O–H groups in total. The van der Waals surface area contributed by atoms with Gasteiger partial charge in [-0.2, -0.15) is 11.3 Å². The van der Waals surface area contributed by atoms with Gasteiger partial charge in [0.15, 0.2) is 0 Å². The number of amides is 1. The van der Waals surface area contributed by atoms with Gasteiger partial charge in [-0.25, -0.2) is 4.98 Å². The monoisotopic (exact) mass is 294 g/mol. The van der Waals surface area contributed by atoms with Crippen LogP contribution < -0.4 is 0 Å². The number of carbonyl (C=O) groups excluding carboxylic acids is 1. The molecule has 1 amide bonds. The van der Waals surface area contributed by atoms with Crippen LogP contribution in [-0.4, -0.2) is 35.5 Å². The van der Waals surface area contributed by atoms with E-state index in [9.17, 15) is 4.79 Å². The van der Waals surface area contributed by atoms with Crippen molar-refractivity contribution in [2.24, 2.45) is 0 Å². The van der Waals surface area contributed by atoms with Gasteiger partial charge in [-0.05, 0) is 18.4 Å². The number of hydrogen-bond donors (Lipinski definition) is 0. The molecule has 0 radical (unpaired) electrons. The van der Waals surface area contributed by atoms with Gasteiger partial charge in [0.2, 0.25) is 0 Å². The average Bonchev–Trinajstić information content (AvgIpc) is 3.09. The molecule has 0 bridgehead atoms. The predicted molar refractivity (Wildman–Crippen MR) is 75.8 cm³/mol. The molecule has 3 heterocycles. The molecule has 2 aromatic heterocycles. The van der Waals surface area contributed by atoms with Gasteiger partial charge in [0.05, 0.1) is 35.5 Å². The van der Waals surface area contributed by atoms with Crippen LogP contribution in [0.1, 0.15) is 27.1 Å². The second-order valence-corrected chi connectivity index (χ2v) is 6.23. The summed E-state index contributed by atoms with van der Waals surface area (Å²) < 4.78 is 5.52.